The maximum absolute atomic E-state index is 12.9. The van der Waals surface area contributed by atoms with Crippen molar-refractivity contribution in [1.82, 2.24) is 10.2 Å². The number of amides is 2. The highest BCUT2D eigenvalue weighted by Crippen LogP contribution is 2.22. The highest BCUT2D eigenvalue weighted by Gasteiger charge is 2.29. The second kappa shape index (κ2) is 9.93. The number of rotatable bonds is 6. The molecule has 0 bridgehead atoms. The molecule has 5 nitrogen and oxygen atoms in total. The normalized spacial score (nSPS) is 15.7. The first kappa shape index (κ1) is 19.9. The van der Waals surface area contributed by atoms with Gasteiger partial charge >= 0.3 is 6.09 Å². The number of carbonyl (C=O) groups excluding carboxylic acids is 2. The molecule has 3 rings (SSSR count). The molecule has 1 unspecified atom stereocenters. The van der Waals surface area contributed by atoms with Gasteiger partial charge in [-0.1, -0.05) is 60.7 Å². The number of piperidine rings is 1. The van der Waals surface area contributed by atoms with E-state index in [4.69, 9.17) is 4.74 Å². The SMILES string of the molecule is CCOC(=O)N1CCC(C(=O)NC(Cc2ccccc2)c2ccccc2)CC1. The molecule has 0 spiro atoms. The van der Waals surface area contributed by atoms with Crippen molar-refractivity contribution in [1.29, 1.82) is 0 Å². The summed E-state index contributed by atoms with van der Waals surface area (Å²) in [5.74, 6) is -0.0130. The van der Waals surface area contributed by atoms with Gasteiger partial charge in [0, 0.05) is 19.0 Å². The van der Waals surface area contributed by atoms with Gasteiger partial charge in [0.2, 0.25) is 5.91 Å². The Hall–Kier alpha value is -2.82. The van der Waals surface area contributed by atoms with Crippen LogP contribution in [0, 0.1) is 5.92 Å². The predicted molar refractivity (Wildman–Crippen MR) is 109 cm³/mol. The molecule has 1 atom stereocenters. The van der Waals surface area contributed by atoms with Gasteiger partial charge in [-0.05, 0) is 37.3 Å². The van der Waals surface area contributed by atoms with E-state index in [0.717, 1.165) is 12.0 Å². The molecule has 0 aromatic heterocycles. The van der Waals surface area contributed by atoms with E-state index >= 15 is 0 Å². The molecular weight excluding hydrogens is 352 g/mol. The van der Waals surface area contributed by atoms with Gasteiger partial charge in [-0.15, -0.1) is 0 Å². The summed E-state index contributed by atoms with van der Waals surface area (Å²) in [4.78, 5) is 26.5. The first-order chi connectivity index (χ1) is 13.7. The van der Waals surface area contributed by atoms with Gasteiger partial charge in [-0.3, -0.25) is 4.79 Å². The van der Waals surface area contributed by atoms with E-state index in [-0.39, 0.29) is 24.0 Å². The molecule has 1 fully saturated rings. The lowest BCUT2D eigenvalue weighted by Crippen LogP contribution is -2.44. The van der Waals surface area contributed by atoms with Crippen LogP contribution < -0.4 is 5.32 Å². The van der Waals surface area contributed by atoms with Crippen LogP contribution in [0.5, 0.6) is 0 Å². The number of likely N-dealkylation sites (tertiary alicyclic amines) is 1. The Labute approximate surface area is 166 Å². The van der Waals surface area contributed by atoms with Crippen molar-refractivity contribution in [3.05, 3.63) is 71.8 Å². The summed E-state index contributed by atoms with van der Waals surface area (Å²) in [6, 6.07) is 20.2. The van der Waals surface area contributed by atoms with Gasteiger partial charge in [-0.2, -0.15) is 0 Å². The Morgan fingerprint density at radius 2 is 1.64 bits per heavy atom. The van der Waals surface area contributed by atoms with Crippen LogP contribution in [0.4, 0.5) is 4.79 Å². The van der Waals surface area contributed by atoms with E-state index in [2.05, 4.69) is 29.6 Å². The molecule has 0 saturated carbocycles. The Kier molecular flexibility index (Phi) is 7.06. The molecule has 2 aromatic rings. The molecule has 2 amide bonds. The lowest BCUT2D eigenvalue weighted by Gasteiger charge is -2.31. The van der Waals surface area contributed by atoms with E-state index < -0.39 is 0 Å². The zero-order chi connectivity index (χ0) is 19.8. The lowest BCUT2D eigenvalue weighted by atomic mass is 9.94. The van der Waals surface area contributed by atoms with E-state index in [1.54, 1.807) is 11.8 Å². The van der Waals surface area contributed by atoms with Crippen molar-refractivity contribution in [2.45, 2.75) is 32.2 Å². The monoisotopic (exact) mass is 380 g/mol. The largest absolute Gasteiger partial charge is 0.450 e. The molecule has 28 heavy (non-hydrogen) atoms. The van der Waals surface area contributed by atoms with Crippen LogP contribution in [0.25, 0.3) is 0 Å². The molecule has 1 saturated heterocycles. The topological polar surface area (TPSA) is 58.6 Å². The van der Waals surface area contributed by atoms with Crippen LogP contribution in [0.3, 0.4) is 0 Å². The van der Waals surface area contributed by atoms with Gasteiger partial charge in [0.05, 0.1) is 12.6 Å². The number of benzene rings is 2. The first-order valence-corrected chi connectivity index (χ1v) is 9.98. The molecular formula is C23H28N2O3. The van der Waals surface area contributed by atoms with E-state index in [1.807, 2.05) is 36.4 Å². The minimum absolute atomic E-state index is 0.0632. The van der Waals surface area contributed by atoms with E-state index in [0.29, 0.717) is 32.5 Å². The van der Waals surface area contributed by atoms with Crippen molar-refractivity contribution >= 4 is 12.0 Å². The minimum Gasteiger partial charge on any atom is -0.450 e. The number of nitrogens with zero attached hydrogens (tertiary/aromatic N) is 1. The van der Waals surface area contributed by atoms with Crippen molar-refractivity contribution < 1.29 is 14.3 Å². The van der Waals surface area contributed by atoms with Gasteiger partial charge in [0.25, 0.3) is 0 Å². The quantitative estimate of drug-likeness (QED) is 0.825. The maximum Gasteiger partial charge on any atom is 0.409 e. The van der Waals surface area contributed by atoms with Crippen molar-refractivity contribution in [2.75, 3.05) is 19.7 Å². The van der Waals surface area contributed by atoms with Crippen LogP contribution >= 0.6 is 0 Å². The van der Waals surface area contributed by atoms with E-state index in [9.17, 15) is 9.59 Å². The summed E-state index contributed by atoms with van der Waals surface area (Å²) in [5, 5.41) is 3.25. The predicted octanol–water partition coefficient (Wildman–Crippen LogP) is 3.96. The van der Waals surface area contributed by atoms with Crippen molar-refractivity contribution in [2.24, 2.45) is 5.92 Å². The van der Waals surface area contributed by atoms with Gasteiger partial charge in [-0.25, -0.2) is 4.79 Å². The molecule has 0 radical (unpaired) electrons. The number of hydrogen-bond donors (Lipinski definition) is 1. The molecule has 1 aliphatic rings. The third kappa shape index (κ3) is 5.35. The summed E-state index contributed by atoms with van der Waals surface area (Å²) in [7, 11) is 0. The second-order valence-electron chi connectivity index (χ2n) is 7.12. The van der Waals surface area contributed by atoms with Crippen molar-refractivity contribution in [3.63, 3.8) is 0 Å². The molecule has 148 valence electrons. The molecule has 5 heteroatoms. The Balaban J connectivity index is 1.62. The highest BCUT2D eigenvalue weighted by molar-refractivity contribution is 5.79. The fourth-order valence-corrected chi connectivity index (χ4v) is 3.62. The molecule has 1 N–H and O–H groups in total. The Morgan fingerprint density at radius 1 is 1.04 bits per heavy atom. The first-order valence-electron chi connectivity index (χ1n) is 9.98. The number of hydrogen-bond acceptors (Lipinski definition) is 3. The molecule has 1 aliphatic heterocycles. The fourth-order valence-electron chi connectivity index (χ4n) is 3.62. The average Bonchev–Trinajstić information content (AvgIpc) is 2.75. The zero-order valence-electron chi connectivity index (χ0n) is 16.3. The van der Waals surface area contributed by atoms with Crippen LogP contribution in [0.1, 0.15) is 36.9 Å². The highest BCUT2D eigenvalue weighted by atomic mass is 16.6. The minimum atomic E-state index is -0.285. The zero-order valence-corrected chi connectivity index (χ0v) is 16.3. The third-order valence-corrected chi connectivity index (χ3v) is 5.19. The molecule has 1 heterocycles. The smallest absolute Gasteiger partial charge is 0.409 e. The Morgan fingerprint density at radius 3 is 2.25 bits per heavy atom. The summed E-state index contributed by atoms with van der Waals surface area (Å²) >= 11 is 0. The summed E-state index contributed by atoms with van der Waals surface area (Å²) < 4.78 is 5.05. The average molecular weight is 380 g/mol. The maximum atomic E-state index is 12.9. The number of carbonyl (C=O) groups is 2. The van der Waals surface area contributed by atoms with Crippen LogP contribution in [-0.2, 0) is 16.0 Å². The molecule has 2 aromatic carbocycles. The van der Waals surface area contributed by atoms with E-state index in [1.165, 1.54) is 5.56 Å². The summed E-state index contributed by atoms with van der Waals surface area (Å²) in [6.07, 6.45) is 1.79. The number of ether oxygens (including phenoxy) is 1. The van der Waals surface area contributed by atoms with Crippen LogP contribution in [0.15, 0.2) is 60.7 Å². The second-order valence-corrected chi connectivity index (χ2v) is 7.12. The summed E-state index contributed by atoms with van der Waals surface area (Å²) in [5.41, 5.74) is 2.29. The van der Waals surface area contributed by atoms with Gasteiger partial charge in [0.1, 0.15) is 0 Å². The van der Waals surface area contributed by atoms with Crippen LogP contribution in [-0.4, -0.2) is 36.6 Å². The summed E-state index contributed by atoms with van der Waals surface area (Å²) in [6.45, 7) is 3.29. The third-order valence-electron chi connectivity index (χ3n) is 5.19. The van der Waals surface area contributed by atoms with Crippen LogP contribution in [0.2, 0.25) is 0 Å². The number of nitrogens with one attached hydrogen (secondary N) is 1. The van der Waals surface area contributed by atoms with Gasteiger partial charge in [0.15, 0.2) is 0 Å². The van der Waals surface area contributed by atoms with Gasteiger partial charge < -0.3 is 15.0 Å². The standard InChI is InChI=1S/C23H28N2O3/c1-2-28-23(27)25-15-13-20(14-16-25)22(26)24-21(19-11-7-4-8-12-19)17-18-9-5-3-6-10-18/h3-12,20-21H,2,13-17H2,1H3,(H,24,26). The fraction of sp³-hybridized carbons (Fsp3) is 0.391. The molecule has 0 aliphatic carbocycles. The van der Waals surface area contributed by atoms with Crippen molar-refractivity contribution in [3.8, 4) is 0 Å². The Bertz CT molecular complexity index is 756. The lowest BCUT2D eigenvalue weighted by molar-refractivity contribution is -0.127.